The first-order chi connectivity index (χ1) is 12.1. The van der Waals surface area contributed by atoms with Crippen LogP contribution in [0.15, 0.2) is 70.7 Å². The lowest BCUT2D eigenvalue weighted by molar-refractivity contribution is 0.584. The third-order valence-electron chi connectivity index (χ3n) is 3.55. The molecule has 0 saturated heterocycles. The van der Waals surface area contributed by atoms with Gasteiger partial charge in [-0.25, -0.2) is 13.1 Å². The summed E-state index contributed by atoms with van der Waals surface area (Å²) in [6, 6.07) is 18.2. The molecule has 0 fully saturated rings. The zero-order valence-electron chi connectivity index (χ0n) is 13.7. The minimum Gasteiger partial charge on any atom is -0.305 e. The highest BCUT2D eigenvalue weighted by Crippen LogP contribution is 2.22. The molecule has 130 valence electrons. The summed E-state index contributed by atoms with van der Waals surface area (Å²) in [5.41, 5.74) is 0.995. The molecule has 2 aromatic carbocycles. The fourth-order valence-electron chi connectivity index (χ4n) is 2.28. The normalized spacial score (nSPS) is 11.6. The molecule has 0 radical (unpaired) electrons. The number of hydrogen-bond donors (Lipinski definition) is 1. The Labute approximate surface area is 151 Å². The van der Waals surface area contributed by atoms with Gasteiger partial charge in [0.05, 0.1) is 4.90 Å². The van der Waals surface area contributed by atoms with E-state index in [9.17, 15) is 8.42 Å². The summed E-state index contributed by atoms with van der Waals surface area (Å²) in [5, 5.41) is 9.15. The molecule has 1 aromatic heterocycles. The predicted molar refractivity (Wildman–Crippen MR) is 98.8 cm³/mol. The molecular weight excluding hydrogens is 356 g/mol. The van der Waals surface area contributed by atoms with Gasteiger partial charge < -0.3 is 4.57 Å². The van der Waals surface area contributed by atoms with Crippen LogP contribution >= 0.6 is 11.8 Å². The van der Waals surface area contributed by atoms with Gasteiger partial charge in [-0.1, -0.05) is 60.3 Å². The van der Waals surface area contributed by atoms with Gasteiger partial charge in [0.25, 0.3) is 0 Å². The van der Waals surface area contributed by atoms with Crippen LogP contribution in [-0.4, -0.2) is 35.5 Å². The second-order valence-electron chi connectivity index (χ2n) is 5.29. The summed E-state index contributed by atoms with van der Waals surface area (Å²) in [6.07, 6.45) is 0. The van der Waals surface area contributed by atoms with Crippen molar-refractivity contribution in [2.24, 2.45) is 7.05 Å². The fourth-order valence-corrected chi connectivity index (χ4v) is 4.23. The van der Waals surface area contributed by atoms with Crippen molar-refractivity contribution in [3.8, 4) is 11.4 Å². The van der Waals surface area contributed by atoms with Crippen LogP contribution in [-0.2, 0) is 17.1 Å². The highest BCUT2D eigenvalue weighted by atomic mass is 32.2. The third-order valence-corrected chi connectivity index (χ3v) is 6.04. The van der Waals surface area contributed by atoms with E-state index in [4.69, 9.17) is 0 Å². The van der Waals surface area contributed by atoms with Crippen LogP contribution in [0.2, 0.25) is 0 Å². The molecule has 1 N–H and O–H groups in total. The van der Waals surface area contributed by atoms with Gasteiger partial charge in [0.15, 0.2) is 11.0 Å². The first kappa shape index (κ1) is 17.7. The minimum absolute atomic E-state index is 0.269. The molecule has 1 heterocycles. The van der Waals surface area contributed by atoms with Gasteiger partial charge in [0, 0.05) is 24.9 Å². The van der Waals surface area contributed by atoms with Crippen LogP contribution in [0.1, 0.15) is 0 Å². The Morgan fingerprint density at radius 3 is 2.32 bits per heavy atom. The number of thioether (sulfide) groups is 1. The van der Waals surface area contributed by atoms with Crippen LogP contribution in [0.4, 0.5) is 0 Å². The molecule has 3 rings (SSSR count). The molecule has 0 atom stereocenters. The average molecular weight is 374 g/mol. The van der Waals surface area contributed by atoms with Crippen molar-refractivity contribution in [1.82, 2.24) is 19.5 Å². The topological polar surface area (TPSA) is 76.9 Å². The van der Waals surface area contributed by atoms with Crippen molar-refractivity contribution in [2.45, 2.75) is 10.1 Å². The molecule has 0 aliphatic rings. The Balaban J connectivity index is 1.58. The van der Waals surface area contributed by atoms with E-state index in [1.54, 1.807) is 30.3 Å². The number of rotatable bonds is 7. The lowest BCUT2D eigenvalue weighted by Gasteiger charge is -2.06. The summed E-state index contributed by atoms with van der Waals surface area (Å²) in [7, 11) is -1.57. The van der Waals surface area contributed by atoms with E-state index in [1.807, 2.05) is 41.9 Å². The summed E-state index contributed by atoms with van der Waals surface area (Å²) in [4.78, 5) is 0.269. The van der Waals surface area contributed by atoms with Crippen LogP contribution in [0.5, 0.6) is 0 Å². The molecule has 0 aliphatic carbocycles. The molecule has 0 amide bonds. The SMILES string of the molecule is Cn1c(SCCNS(=O)(=O)c2ccccc2)nnc1-c1ccccc1. The van der Waals surface area contributed by atoms with Gasteiger partial charge >= 0.3 is 0 Å². The van der Waals surface area contributed by atoms with Gasteiger partial charge in [0.1, 0.15) is 0 Å². The lowest BCUT2D eigenvalue weighted by Crippen LogP contribution is -2.26. The van der Waals surface area contributed by atoms with E-state index >= 15 is 0 Å². The summed E-state index contributed by atoms with van der Waals surface area (Å²) in [5.74, 6) is 1.35. The standard InChI is InChI=1S/C17H18N4O2S2/c1-21-16(14-8-4-2-5-9-14)19-20-17(21)24-13-12-18-25(22,23)15-10-6-3-7-11-15/h2-11,18H,12-13H2,1H3. The van der Waals surface area contributed by atoms with Gasteiger partial charge in [-0.05, 0) is 12.1 Å². The Morgan fingerprint density at radius 2 is 1.64 bits per heavy atom. The van der Waals surface area contributed by atoms with Crippen LogP contribution < -0.4 is 4.72 Å². The zero-order valence-corrected chi connectivity index (χ0v) is 15.3. The number of nitrogens with one attached hydrogen (secondary N) is 1. The largest absolute Gasteiger partial charge is 0.305 e. The van der Waals surface area contributed by atoms with Gasteiger partial charge in [0.2, 0.25) is 10.0 Å². The summed E-state index contributed by atoms with van der Waals surface area (Å²) < 4.78 is 28.8. The molecule has 0 aliphatic heterocycles. The quantitative estimate of drug-likeness (QED) is 0.508. The molecule has 0 bridgehead atoms. The molecule has 0 saturated carbocycles. The minimum atomic E-state index is -3.47. The van der Waals surface area contributed by atoms with Crippen LogP contribution in [0.3, 0.4) is 0 Å². The number of sulfonamides is 1. The molecule has 6 nitrogen and oxygen atoms in total. The van der Waals surface area contributed by atoms with Crippen molar-refractivity contribution < 1.29 is 8.42 Å². The molecule has 25 heavy (non-hydrogen) atoms. The van der Waals surface area contributed by atoms with Crippen molar-refractivity contribution in [3.05, 3.63) is 60.7 Å². The maximum Gasteiger partial charge on any atom is 0.240 e. The summed E-state index contributed by atoms with van der Waals surface area (Å²) >= 11 is 1.46. The molecule has 3 aromatic rings. The molecule has 8 heteroatoms. The Hall–Kier alpha value is -2.16. The van der Waals surface area contributed by atoms with E-state index in [-0.39, 0.29) is 4.90 Å². The number of aromatic nitrogens is 3. The van der Waals surface area contributed by atoms with E-state index in [2.05, 4.69) is 14.9 Å². The molecule has 0 unspecified atom stereocenters. The second kappa shape index (κ2) is 7.81. The second-order valence-corrected chi connectivity index (χ2v) is 8.12. The predicted octanol–water partition coefficient (Wildman–Crippen LogP) is 2.55. The summed E-state index contributed by atoms with van der Waals surface area (Å²) in [6.45, 7) is 0.315. The van der Waals surface area contributed by atoms with Crippen LogP contribution in [0, 0.1) is 0 Å². The fraction of sp³-hybridized carbons (Fsp3) is 0.176. The van der Waals surface area contributed by atoms with Gasteiger partial charge in [-0.3, -0.25) is 0 Å². The highest BCUT2D eigenvalue weighted by molar-refractivity contribution is 7.99. The number of hydrogen-bond acceptors (Lipinski definition) is 5. The number of nitrogens with zero attached hydrogens (tertiary/aromatic N) is 3. The van der Waals surface area contributed by atoms with Crippen molar-refractivity contribution in [2.75, 3.05) is 12.3 Å². The van der Waals surface area contributed by atoms with E-state index < -0.39 is 10.0 Å². The van der Waals surface area contributed by atoms with E-state index in [0.29, 0.717) is 12.3 Å². The monoisotopic (exact) mass is 374 g/mol. The maximum absolute atomic E-state index is 12.1. The number of benzene rings is 2. The van der Waals surface area contributed by atoms with Gasteiger partial charge in [-0.2, -0.15) is 0 Å². The van der Waals surface area contributed by atoms with Crippen LogP contribution in [0.25, 0.3) is 11.4 Å². The molecule has 0 spiro atoms. The maximum atomic E-state index is 12.1. The highest BCUT2D eigenvalue weighted by Gasteiger charge is 2.14. The van der Waals surface area contributed by atoms with Crippen molar-refractivity contribution in [1.29, 1.82) is 0 Å². The van der Waals surface area contributed by atoms with Gasteiger partial charge in [-0.15, -0.1) is 10.2 Å². The first-order valence-electron chi connectivity index (χ1n) is 7.70. The average Bonchev–Trinajstić information content (AvgIpc) is 3.01. The molecular formula is C17H18N4O2S2. The Bertz CT molecular complexity index is 926. The van der Waals surface area contributed by atoms with Crippen molar-refractivity contribution in [3.63, 3.8) is 0 Å². The van der Waals surface area contributed by atoms with E-state index in [1.165, 1.54) is 11.8 Å². The zero-order chi connectivity index (χ0) is 17.7. The van der Waals surface area contributed by atoms with E-state index in [0.717, 1.165) is 16.5 Å². The Morgan fingerprint density at radius 1 is 1.00 bits per heavy atom. The smallest absolute Gasteiger partial charge is 0.240 e. The first-order valence-corrected chi connectivity index (χ1v) is 10.2. The third kappa shape index (κ3) is 4.28. The van der Waals surface area contributed by atoms with Crippen molar-refractivity contribution >= 4 is 21.8 Å². The lowest BCUT2D eigenvalue weighted by atomic mass is 10.2. The Kier molecular flexibility index (Phi) is 5.52.